The number of hydrogen-bond acceptors (Lipinski definition) is 4. The molecule has 3 heterocycles. The molecule has 0 unspecified atom stereocenters. The van der Waals surface area contributed by atoms with Crippen LogP contribution >= 0.6 is 0 Å². The van der Waals surface area contributed by atoms with Gasteiger partial charge in [-0.1, -0.05) is 0 Å². The highest BCUT2D eigenvalue weighted by atomic mass is 16.2. The van der Waals surface area contributed by atoms with Crippen LogP contribution in [0.3, 0.4) is 0 Å². The Balaban J connectivity index is 1.24. The van der Waals surface area contributed by atoms with Gasteiger partial charge in [-0.25, -0.2) is 0 Å². The second-order valence-electron chi connectivity index (χ2n) is 8.69. The molecule has 6 nitrogen and oxygen atoms in total. The Kier molecular flexibility index (Phi) is 5.95. The van der Waals surface area contributed by atoms with Crippen LogP contribution in [0.2, 0.25) is 0 Å². The molecule has 1 atom stereocenters. The summed E-state index contributed by atoms with van der Waals surface area (Å²) in [7, 11) is 0. The number of aryl methyl sites for hydroxylation is 1. The highest BCUT2D eigenvalue weighted by molar-refractivity contribution is 5.81. The Morgan fingerprint density at radius 3 is 2.61 bits per heavy atom. The van der Waals surface area contributed by atoms with Crippen molar-refractivity contribution in [3.8, 4) is 0 Å². The predicted octanol–water partition coefficient (Wildman–Crippen LogP) is 2.12. The van der Waals surface area contributed by atoms with Crippen LogP contribution in [0, 0.1) is 18.8 Å². The van der Waals surface area contributed by atoms with Crippen molar-refractivity contribution in [2.24, 2.45) is 11.8 Å². The van der Waals surface area contributed by atoms with Crippen molar-refractivity contribution in [2.45, 2.75) is 58.0 Å². The van der Waals surface area contributed by atoms with Crippen molar-refractivity contribution in [1.82, 2.24) is 20.1 Å². The van der Waals surface area contributed by atoms with Crippen molar-refractivity contribution in [2.75, 3.05) is 26.2 Å². The molecule has 2 amide bonds. The molecule has 3 fully saturated rings. The summed E-state index contributed by atoms with van der Waals surface area (Å²) < 4.78 is 0. The van der Waals surface area contributed by atoms with Crippen molar-refractivity contribution < 1.29 is 9.59 Å². The molecule has 4 rings (SSSR count). The van der Waals surface area contributed by atoms with Gasteiger partial charge in [0.05, 0.1) is 5.92 Å². The molecule has 0 radical (unpaired) electrons. The van der Waals surface area contributed by atoms with Crippen LogP contribution < -0.4 is 5.32 Å². The van der Waals surface area contributed by atoms with Crippen molar-refractivity contribution in [3.63, 3.8) is 0 Å². The number of likely N-dealkylation sites (tertiary alicyclic amines) is 2. The Morgan fingerprint density at radius 1 is 1.11 bits per heavy atom. The Morgan fingerprint density at radius 2 is 1.89 bits per heavy atom. The highest BCUT2D eigenvalue weighted by Gasteiger charge is 2.37. The highest BCUT2D eigenvalue weighted by Crippen LogP contribution is 2.32. The van der Waals surface area contributed by atoms with E-state index in [-0.39, 0.29) is 11.8 Å². The first-order valence-corrected chi connectivity index (χ1v) is 10.8. The SMILES string of the molecule is Cc1cc(CNC(=O)[C@@H]2CCCN(C3CCN(C(=O)C4CC4)CC3)C2)ccn1. The topological polar surface area (TPSA) is 65.5 Å². The van der Waals surface area contributed by atoms with Crippen molar-refractivity contribution in [3.05, 3.63) is 29.6 Å². The van der Waals surface area contributed by atoms with Gasteiger partial charge in [-0.2, -0.15) is 0 Å². The molecule has 152 valence electrons. The van der Waals surface area contributed by atoms with E-state index in [0.717, 1.165) is 76.0 Å². The quantitative estimate of drug-likeness (QED) is 0.845. The number of amides is 2. The molecule has 2 saturated heterocycles. The zero-order valence-corrected chi connectivity index (χ0v) is 16.9. The Labute approximate surface area is 167 Å². The van der Waals surface area contributed by atoms with E-state index in [4.69, 9.17) is 0 Å². The second kappa shape index (κ2) is 8.60. The third-order valence-electron chi connectivity index (χ3n) is 6.47. The third-order valence-corrected chi connectivity index (χ3v) is 6.47. The fraction of sp³-hybridized carbons (Fsp3) is 0.682. The van der Waals surface area contributed by atoms with E-state index in [1.54, 1.807) is 6.20 Å². The van der Waals surface area contributed by atoms with Gasteiger partial charge < -0.3 is 10.2 Å². The molecule has 1 N–H and O–H groups in total. The van der Waals surface area contributed by atoms with Gasteiger partial charge in [-0.3, -0.25) is 19.5 Å². The Bertz CT molecular complexity index is 710. The van der Waals surface area contributed by atoms with E-state index in [0.29, 0.717) is 24.4 Å². The molecular formula is C22H32N4O2. The fourth-order valence-electron chi connectivity index (χ4n) is 4.64. The maximum absolute atomic E-state index is 12.7. The lowest BCUT2D eigenvalue weighted by Crippen LogP contribution is -2.51. The number of carbonyl (C=O) groups excluding carboxylic acids is 2. The third kappa shape index (κ3) is 4.72. The molecule has 1 aliphatic carbocycles. The number of nitrogens with one attached hydrogen (secondary N) is 1. The van der Waals surface area contributed by atoms with Crippen LogP contribution in [-0.4, -0.2) is 58.8 Å². The van der Waals surface area contributed by atoms with Gasteiger partial charge in [0.25, 0.3) is 0 Å². The average molecular weight is 385 g/mol. The monoisotopic (exact) mass is 384 g/mol. The van der Waals surface area contributed by atoms with E-state index >= 15 is 0 Å². The summed E-state index contributed by atoms with van der Waals surface area (Å²) in [6, 6.07) is 4.49. The summed E-state index contributed by atoms with van der Waals surface area (Å²) in [6.45, 7) is 6.23. The standard InChI is InChI=1S/C22H32N4O2/c1-16-13-17(6-9-23-16)14-24-21(27)19-3-2-10-26(15-19)20-7-11-25(12-8-20)22(28)18-4-5-18/h6,9,13,18-20H,2-5,7-8,10-12,14-15H2,1H3,(H,24,27)/t19-/m1/s1. The van der Waals surface area contributed by atoms with Gasteiger partial charge in [0.2, 0.25) is 11.8 Å². The molecule has 6 heteroatoms. The summed E-state index contributed by atoms with van der Waals surface area (Å²) in [4.78, 5) is 33.7. The maximum Gasteiger partial charge on any atom is 0.225 e. The zero-order valence-electron chi connectivity index (χ0n) is 16.9. The van der Waals surface area contributed by atoms with Crippen molar-refractivity contribution in [1.29, 1.82) is 0 Å². The molecule has 0 spiro atoms. The molecule has 0 aromatic carbocycles. The summed E-state index contributed by atoms with van der Waals surface area (Å²) in [5.74, 6) is 0.938. The van der Waals surface area contributed by atoms with Gasteiger partial charge >= 0.3 is 0 Å². The molecule has 1 aromatic heterocycles. The summed E-state index contributed by atoms with van der Waals surface area (Å²) in [5, 5.41) is 3.11. The maximum atomic E-state index is 12.7. The van der Waals surface area contributed by atoms with E-state index in [1.807, 2.05) is 19.1 Å². The molecule has 1 saturated carbocycles. The second-order valence-corrected chi connectivity index (χ2v) is 8.69. The lowest BCUT2D eigenvalue weighted by Gasteiger charge is -2.42. The first-order valence-electron chi connectivity index (χ1n) is 10.8. The smallest absolute Gasteiger partial charge is 0.225 e. The normalized spacial score (nSPS) is 24.2. The number of piperidine rings is 2. The minimum atomic E-state index is 0.0720. The van der Waals surface area contributed by atoms with E-state index in [9.17, 15) is 9.59 Å². The van der Waals surface area contributed by atoms with Gasteiger partial charge in [0.1, 0.15) is 0 Å². The van der Waals surface area contributed by atoms with Crippen molar-refractivity contribution >= 4 is 11.8 Å². The van der Waals surface area contributed by atoms with E-state index in [1.165, 1.54) is 0 Å². The lowest BCUT2D eigenvalue weighted by molar-refractivity contribution is -0.134. The van der Waals surface area contributed by atoms with Crippen LogP contribution in [0.15, 0.2) is 18.3 Å². The lowest BCUT2D eigenvalue weighted by atomic mass is 9.93. The minimum absolute atomic E-state index is 0.0720. The molecular weight excluding hydrogens is 352 g/mol. The summed E-state index contributed by atoms with van der Waals surface area (Å²) in [6.07, 6.45) is 8.09. The number of carbonyl (C=O) groups is 2. The van der Waals surface area contributed by atoms with Crippen LogP contribution in [0.4, 0.5) is 0 Å². The number of hydrogen-bond donors (Lipinski definition) is 1. The minimum Gasteiger partial charge on any atom is -0.352 e. The van der Waals surface area contributed by atoms with Gasteiger partial charge in [0, 0.05) is 50.0 Å². The van der Waals surface area contributed by atoms with Gasteiger partial charge in [-0.15, -0.1) is 0 Å². The summed E-state index contributed by atoms with van der Waals surface area (Å²) >= 11 is 0. The predicted molar refractivity (Wildman–Crippen MR) is 107 cm³/mol. The van der Waals surface area contributed by atoms with Crippen LogP contribution in [-0.2, 0) is 16.1 Å². The largest absolute Gasteiger partial charge is 0.352 e. The van der Waals surface area contributed by atoms with Crippen LogP contribution in [0.1, 0.15) is 49.8 Å². The summed E-state index contributed by atoms with van der Waals surface area (Å²) in [5.41, 5.74) is 2.07. The van der Waals surface area contributed by atoms with Crippen LogP contribution in [0.5, 0.6) is 0 Å². The Hall–Kier alpha value is -1.95. The number of pyridine rings is 1. The first-order chi connectivity index (χ1) is 13.6. The van der Waals surface area contributed by atoms with E-state index in [2.05, 4.69) is 20.1 Å². The number of nitrogens with zero attached hydrogens (tertiary/aromatic N) is 3. The molecule has 0 bridgehead atoms. The van der Waals surface area contributed by atoms with Crippen LogP contribution in [0.25, 0.3) is 0 Å². The molecule has 1 aromatic rings. The average Bonchev–Trinajstić information content (AvgIpc) is 3.57. The van der Waals surface area contributed by atoms with E-state index < -0.39 is 0 Å². The fourth-order valence-corrected chi connectivity index (χ4v) is 4.64. The number of aromatic nitrogens is 1. The van der Waals surface area contributed by atoms with Gasteiger partial charge in [-0.05, 0) is 69.7 Å². The molecule has 2 aliphatic heterocycles. The molecule has 3 aliphatic rings. The zero-order chi connectivity index (χ0) is 19.5. The molecule has 28 heavy (non-hydrogen) atoms. The van der Waals surface area contributed by atoms with Gasteiger partial charge in [0.15, 0.2) is 0 Å². The first kappa shape index (κ1) is 19.4. The number of rotatable bonds is 5.